The smallest absolute Gasteiger partial charge is 0.133 e. The number of ether oxygens (including phenoxy) is 1. The molecule has 0 bridgehead atoms. The number of halogens is 1. The summed E-state index contributed by atoms with van der Waals surface area (Å²) in [6.07, 6.45) is 0. The van der Waals surface area contributed by atoms with Crippen LogP contribution in [0, 0.1) is 11.3 Å². The maximum absolute atomic E-state index is 8.77. The third kappa shape index (κ3) is 1.82. The van der Waals surface area contributed by atoms with E-state index in [9.17, 15) is 0 Å². The maximum Gasteiger partial charge on any atom is 0.133 e. The molecule has 0 saturated heterocycles. The van der Waals surface area contributed by atoms with Gasteiger partial charge in [0.2, 0.25) is 0 Å². The number of nitrogens with zero attached hydrogens (tertiary/aromatic N) is 1. The van der Waals surface area contributed by atoms with E-state index >= 15 is 0 Å². The minimum atomic E-state index is 0.320. The van der Waals surface area contributed by atoms with E-state index in [0.29, 0.717) is 17.9 Å². The van der Waals surface area contributed by atoms with Gasteiger partial charge in [0.15, 0.2) is 0 Å². The van der Waals surface area contributed by atoms with Crippen LogP contribution in [0.25, 0.3) is 0 Å². The van der Waals surface area contributed by atoms with Gasteiger partial charge in [0.1, 0.15) is 5.75 Å². The van der Waals surface area contributed by atoms with Gasteiger partial charge >= 0.3 is 0 Å². The summed E-state index contributed by atoms with van der Waals surface area (Å²) in [5.41, 5.74) is 6.87. The Morgan fingerprint density at radius 2 is 2.31 bits per heavy atom. The molecule has 0 spiro atoms. The van der Waals surface area contributed by atoms with E-state index < -0.39 is 0 Å². The Morgan fingerprint density at radius 1 is 1.62 bits per heavy atom. The van der Waals surface area contributed by atoms with Crippen LogP contribution in [0.1, 0.15) is 11.1 Å². The Morgan fingerprint density at radius 3 is 2.77 bits per heavy atom. The van der Waals surface area contributed by atoms with Crippen molar-refractivity contribution in [3.05, 3.63) is 27.7 Å². The highest BCUT2D eigenvalue weighted by Gasteiger charge is 2.09. The summed E-state index contributed by atoms with van der Waals surface area (Å²) in [6, 6.07) is 5.51. The van der Waals surface area contributed by atoms with Crippen molar-refractivity contribution in [2.24, 2.45) is 5.73 Å². The van der Waals surface area contributed by atoms with Crippen molar-refractivity contribution in [1.82, 2.24) is 0 Å². The van der Waals surface area contributed by atoms with Gasteiger partial charge in [0.25, 0.3) is 0 Å². The fourth-order valence-corrected chi connectivity index (χ4v) is 1.73. The monoisotopic (exact) mass is 240 g/mol. The van der Waals surface area contributed by atoms with E-state index in [1.807, 2.05) is 0 Å². The third-order valence-corrected chi connectivity index (χ3v) is 2.62. The van der Waals surface area contributed by atoms with E-state index in [4.69, 9.17) is 15.7 Å². The second-order valence-electron chi connectivity index (χ2n) is 2.42. The molecule has 1 aromatic rings. The van der Waals surface area contributed by atoms with E-state index in [0.717, 1.165) is 10.0 Å². The first-order valence-electron chi connectivity index (χ1n) is 3.70. The first kappa shape index (κ1) is 10.0. The fraction of sp³-hybridized carbons (Fsp3) is 0.222. The second kappa shape index (κ2) is 4.26. The third-order valence-electron chi connectivity index (χ3n) is 1.75. The zero-order valence-corrected chi connectivity index (χ0v) is 8.76. The number of hydrogen-bond acceptors (Lipinski definition) is 3. The summed E-state index contributed by atoms with van der Waals surface area (Å²) in [6.45, 7) is 0.320. The molecular formula is C9H9BrN2O. The fourth-order valence-electron chi connectivity index (χ4n) is 1.06. The van der Waals surface area contributed by atoms with Crippen molar-refractivity contribution in [3.63, 3.8) is 0 Å². The molecule has 0 fully saturated rings. The van der Waals surface area contributed by atoms with Gasteiger partial charge in [-0.2, -0.15) is 5.26 Å². The minimum Gasteiger partial charge on any atom is -0.496 e. The van der Waals surface area contributed by atoms with E-state index in [2.05, 4.69) is 22.0 Å². The topological polar surface area (TPSA) is 59.0 Å². The van der Waals surface area contributed by atoms with Crippen LogP contribution in [0.3, 0.4) is 0 Å². The zero-order chi connectivity index (χ0) is 9.84. The van der Waals surface area contributed by atoms with Gasteiger partial charge in [0.05, 0.1) is 23.2 Å². The average Bonchev–Trinajstić information content (AvgIpc) is 2.17. The van der Waals surface area contributed by atoms with Crippen LogP contribution in [0.5, 0.6) is 5.75 Å². The van der Waals surface area contributed by atoms with Crippen molar-refractivity contribution in [3.8, 4) is 11.8 Å². The SMILES string of the molecule is COc1ccc(C#N)c(CN)c1Br. The molecule has 68 valence electrons. The van der Waals surface area contributed by atoms with Crippen LogP contribution in [0.4, 0.5) is 0 Å². The molecule has 0 atom stereocenters. The quantitative estimate of drug-likeness (QED) is 0.858. The van der Waals surface area contributed by atoms with Crippen LogP contribution < -0.4 is 10.5 Å². The molecule has 0 heterocycles. The molecule has 0 aliphatic heterocycles. The van der Waals surface area contributed by atoms with E-state index in [1.54, 1.807) is 19.2 Å². The molecule has 0 aliphatic rings. The molecule has 0 aliphatic carbocycles. The normalized spacial score (nSPS) is 9.38. The first-order valence-corrected chi connectivity index (χ1v) is 4.49. The first-order chi connectivity index (χ1) is 6.24. The molecule has 1 rings (SSSR count). The molecule has 0 saturated carbocycles. The van der Waals surface area contributed by atoms with Crippen LogP contribution >= 0.6 is 15.9 Å². The van der Waals surface area contributed by atoms with Gasteiger partial charge in [-0.05, 0) is 28.1 Å². The Hall–Kier alpha value is -1.05. The van der Waals surface area contributed by atoms with Crippen molar-refractivity contribution in [2.75, 3.05) is 7.11 Å². The molecule has 13 heavy (non-hydrogen) atoms. The molecule has 3 nitrogen and oxygen atoms in total. The average molecular weight is 241 g/mol. The largest absolute Gasteiger partial charge is 0.496 e. The number of nitrogens with two attached hydrogens (primary N) is 1. The van der Waals surface area contributed by atoms with Crippen molar-refractivity contribution >= 4 is 15.9 Å². The molecule has 0 radical (unpaired) electrons. The van der Waals surface area contributed by atoms with Crippen molar-refractivity contribution in [1.29, 1.82) is 5.26 Å². The van der Waals surface area contributed by atoms with Crippen LogP contribution in [0.15, 0.2) is 16.6 Å². The Bertz CT molecular complexity index is 357. The molecule has 1 aromatic carbocycles. The lowest BCUT2D eigenvalue weighted by Crippen LogP contribution is -2.02. The summed E-state index contributed by atoms with van der Waals surface area (Å²) in [5.74, 6) is 0.694. The Kier molecular flexibility index (Phi) is 3.29. The summed E-state index contributed by atoms with van der Waals surface area (Å²) < 4.78 is 5.84. The van der Waals surface area contributed by atoms with Gasteiger partial charge in [-0.25, -0.2) is 0 Å². The summed E-state index contributed by atoms with van der Waals surface area (Å²) >= 11 is 3.34. The Balaban J connectivity index is 3.34. The van der Waals surface area contributed by atoms with Crippen molar-refractivity contribution in [2.45, 2.75) is 6.54 Å². The predicted molar refractivity (Wildman–Crippen MR) is 53.3 cm³/mol. The van der Waals surface area contributed by atoms with Gasteiger partial charge in [-0.1, -0.05) is 0 Å². The molecule has 0 aromatic heterocycles. The summed E-state index contributed by atoms with van der Waals surface area (Å²) in [5, 5.41) is 8.77. The van der Waals surface area contributed by atoms with Crippen LogP contribution in [-0.4, -0.2) is 7.11 Å². The Labute approximate surface area is 85.2 Å². The highest BCUT2D eigenvalue weighted by molar-refractivity contribution is 9.10. The second-order valence-corrected chi connectivity index (χ2v) is 3.22. The lowest BCUT2D eigenvalue weighted by atomic mass is 10.1. The molecule has 0 unspecified atom stereocenters. The lowest BCUT2D eigenvalue weighted by molar-refractivity contribution is 0.411. The predicted octanol–water partition coefficient (Wildman–Crippen LogP) is 1.79. The van der Waals surface area contributed by atoms with Crippen LogP contribution in [0.2, 0.25) is 0 Å². The number of benzene rings is 1. The van der Waals surface area contributed by atoms with E-state index in [1.165, 1.54) is 0 Å². The number of hydrogen-bond donors (Lipinski definition) is 1. The van der Waals surface area contributed by atoms with Gasteiger partial charge in [-0.3, -0.25) is 0 Å². The zero-order valence-electron chi connectivity index (χ0n) is 7.17. The minimum absolute atomic E-state index is 0.320. The van der Waals surface area contributed by atoms with Crippen molar-refractivity contribution < 1.29 is 4.74 Å². The lowest BCUT2D eigenvalue weighted by Gasteiger charge is -2.08. The highest BCUT2D eigenvalue weighted by Crippen LogP contribution is 2.30. The number of methoxy groups -OCH3 is 1. The maximum atomic E-state index is 8.77. The molecule has 4 heteroatoms. The van der Waals surface area contributed by atoms with Gasteiger partial charge in [-0.15, -0.1) is 0 Å². The van der Waals surface area contributed by atoms with Crippen LogP contribution in [-0.2, 0) is 6.54 Å². The molecular weight excluding hydrogens is 232 g/mol. The highest BCUT2D eigenvalue weighted by atomic mass is 79.9. The molecule has 0 amide bonds. The van der Waals surface area contributed by atoms with Gasteiger partial charge in [0, 0.05) is 12.1 Å². The number of rotatable bonds is 2. The van der Waals surface area contributed by atoms with Gasteiger partial charge < -0.3 is 10.5 Å². The summed E-state index contributed by atoms with van der Waals surface area (Å²) in [7, 11) is 1.58. The standard InChI is InChI=1S/C9H9BrN2O/c1-13-8-3-2-6(4-11)7(5-12)9(8)10/h2-3H,5,12H2,1H3. The van der Waals surface area contributed by atoms with E-state index in [-0.39, 0.29) is 0 Å². The molecule has 2 N–H and O–H groups in total. The summed E-state index contributed by atoms with van der Waals surface area (Å²) in [4.78, 5) is 0. The number of nitriles is 1.